The van der Waals surface area contributed by atoms with Crippen molar-refractivity contribution in [2.45, 2.75) is 6.04 Å². The Balaban J connectivity index is 2.17. The van der Waals surface area contributed by atoms with Crippen molar-refractivity contribution in [1.29, 1.82) is 0 Å². The lowest BCUT2D eigenvalue weighted by Gasteiger charge is -2.17. The topological polar surface area (TPSA) is 55.9 Å². The molecule has 1 atom stereocenters. The summed E-state index contributed by atoms with van der Waals surface area (Å²) in [5.41, 5.74) is 7.78. The highest BCUT2D eigenvalue weighted by atomic mass is 79.9. The van der Waals surface area contributed by atoms with E-state index in [1.807, 2.05) is 37.6 Å². The quantitative estimate of drug-likeness (QED) is 0.907. The minimum absolute atomic E-state index is 0.0240. The van der Waals surface area contributed by atoms with Crippen molar-refractivity contribution in [2.24, 2.45) is 12.8 Å². The summed E-state index contributed by atoms with van der Waals surface area (Å²) in [6.07, 6.45) is 3.76. The smallest absolute Gasteiger partial charge is 0.0667 e. The van der Waals surface area contributed by atoms with Crippen LogP contribution in [0.15, 0.2) is 35.1 Å². The van der Waals surface area contributed by atoms with Crippen LogP contribution in [0.25, 0.3) is 0 Å². The predicted molar refractivity (Wildman–Crippen MR) is 77.8 cm³/mol. The van der Waals surface area contributed by atoms with Gasteiger partial charge in [0, 0.05) is 35.5 Å². The molecule has 1 heterocycles. The van der Waals surface area contributed by atoms with E-state index >= 15 is 0 Å². The lowest BCUT2D eigenvalue weighted by molar-refractivity contribution is 0.759. The maximum absolute atomic E-state index is 6.06. The Hall–Kier alpha value is -1.04. The van der Waals surface area contributed by atoms with Crippen molar-refractivity contribution in [3.8, 4) is 0 Å². The first-order valence-electron chi connectivity index (χ1n) is 5.50. The summed E-state index contributed by atoms with van der Waals surface area (Å²) in [7, 11) is 1.88. The molecule has 3 N–H and O–H groups in total. The van der Waals surface area contributed by atoms with E-state index in [4.69, 9.17) is 17.3 Å². The van der Waals surface area contributed by atoms with Gasteiger partial charge in [-0.25, -0.2) is 0 Å². The van der Waals surface area contributed by atoms with Crippen molar-refractivity contribution in [1.82, 2.24) is 9.78 Å². The van der Waals surface area contributed by atoms with E-state index in [1.165, 1.54) is 0 Å². The van der Waals surface area contributed by atoms with E-state index in [1.54, 1.807) is 4.68 Å². The molecule has 0 radical (unpaired) electrons. The number of anilines is 1. The van der Waals surface area contributed by atoms with Crippen LogP contribution in [-0.4, -0.2) is 16.3 Å². The minimum atomic E-state index is 0.0240. The van der Waals surface area contributed by atoms with Gasteiger partial charge in [-0.1, -0.05) is 11.6 Å². The summed E-state index contributed by atoms with van der Waals surface area (Å²) in [5.74, 6) is 0. The summed E-state index contributed by atoms with van der Waals surface area (Å²) in [4.78, 5) is 0. The van der Waals surface area contributed by atoms with E-state index in [9.17, 15) is 0 Å². The van der Waals surface area contributed by atoms with E-state index in [0.717, 1.165) is 15.7 Å². The summed E-state index contributed by atoms with van der Waals surface area (Å²) in [5, 5.41) is 8.16. The molecule has 0 saturated heterocycles. The van der Waals surface area contributed by atoms with Gasteiger partial charge in [0.1, 0.15) is 0 Å². The molecule has 0 aliphatic carbocycles. The lowest BCUT2D eigenvalue weighted by atomic mass is 10.1. The van der Waals surface area contributed by atoms with Gasteiger partial charge in [0.15, 0.2) is 0 Å². The van der Waals surface area contributed by atoms with E-state index in [-0.39, 0.29) is 6.04 Å². The van der Waals surface area contributed by atoms with Crippen LogP contribution < -0.4 is 11.1 Å². The van der Waals surface area contributed by atoms with Gasteiger partial charge >= 0.3 is 0 Å². The van der Waals surface area contributed by atoms with E-state index < -0.39 is 0 Å². The summed E-state index contributed by atoms with van der Waals surface area (Å²) in [6.45, 7) is 0.485. The molecule has 0 fully saturated rings. The summed E-state index contributed by atoms with van der Waals surface area (Å²) in [6, 6.07) is 5.75. The molecular weight excluding hydrogens is 316 g/mol. The molecule has 0 amide bonds. The molecule has 0 spiro atoms. The number of halogens is 2. The van der Waals surface area contributed by atoms with E-state index in [0.29, 0.717) is 11.6 Å². The third-order valence-electron chi connectivity index (χ3n) is 2.62. The van der Waals surface area contributed by atoms with Crippen LogP contribution in [0.1, 0.15) is 11.6 Å². The highest BCUT2D eigenvalue weighted by molar-refractivity contribution is 9.10. The Morgan fingerprint density at radius 2 is 2.33 bits per heavy atom. The Morgan fingerprint density at radius 1 is 1.56 bits per heavy atom. The van der Waals surface area contributed by atoms with Crippen molar-refractivity contribution in [2.75, 3.05) is 11.9 Å². The number of nitrogens with two attached hydrogens (primary N) is 1. The Morgan fingerprint density at radius 3 is 2.89 bits per heavy atom. The third-order valence-corrected chi connectivity index (χ3v) is 3.86. The molecule has 1 unspecified atom stereocenters. The molecule has 0 saturated carbocycles. The van der Waals surface area contributed by atoms with Gasteiger partial charge in [-0.2, -0.15) is 5.10 Å². The first-order valence-corrected chi connectivity index (χ1v) is 6.67. The van der Waals surface area contributed by atoms with Gasteiger partial charge in [0.05, 0.1) is 17.3 Å². The second-order valence-electron chi connectivity index (χ2n) is 4.01. The zero-order valence-corrected chi connectivity index (χ0v) is 12.2. The molecule has 2 rings (SSSR count). The van der Waals surface area contributed by atoms with Crippen LogP contribution in [0.2, 0.25) is 5.02 Å². The Bertz CT molecular complexity index is 541. The van der Waals surface area contributed by atoms with Crippen molar-refractivity contribution in [3.05, 3.63) is 45.7 Å². The van der Waals surface area contributed by atoms with Crippen LogP contribution in [0, 0.1) is 0 Å². The van der Waals surface area contributed by atoms with Crippen LogP contribution in [0.3, 0.4) is 0 Å². The van der Waals surface area contributed by atoms with Gasteiger partial charge in [0.2, 0.25) is 0 Å². The van der Waals surface area contributed by atoms with Gasteiger partial charge < -0.3 is 11.1 Å². The molecule has 0 aliphatic rings. The maximum Gasteiger partial charge on any atom is 0.0667 e. The average molecular weight is 330 g/mol. The van der Waals surface area contributed by atoms with Crippen LogP contribution >= 0.6 is 27.5 Å². The standard InChI is InChI=1S/C12H14BrClN4/c1-18-7-8(6-16-18)12(5-15)17-9-2-3-10(13)11(14)4-9/h2-4,6-7,12,17H,5,15H2,1H3. The average Bonchev–Trinajstić information content (AvgIpc) is 2.77. The molecule has 4 nitrogen and oxygen atoms in total. The fourth-order valence-corrected chi connectivity index (χ4v) is 2.11. The molecule has 0 aliphatic heterocycles. The zero-order chi connectivity index (χ0) is 13.1. The first-order chi connectivity index (χ1) is 8.60. The molecule has 2 aromatic rings. The Labute approximate surface area is 119 Å². The second kappa shape index (κ2) is 5.73. The molecular formula is C12H14BrClN4. The van der Waals surface area contributed by atoms with Crippen molar-refractivity contribution < 1.29 is 0 Å². The molecule has 18 heavy (non-hydrogen) atoms. The first kappa shape index (κ1) is 13.4. The number of aromatic nitrogens is 2. The van der Waals surface area contributed by atoms with Gasteiger partial charge in [0.25, 0.3) is 0 Å². The highest BCUT2D eigenvalue weighted by Gasteiger charge is 2.11. The van der Waals surface area contributed by atoms with Crippen LogP contribution in [0.5, 0.6) is 0 Å². The molecule has 1 aromatic heterocycles. The Kier molecular flexibility index (Phi) is 4.27. The van der Waals surface area contributed by atoms with Crippen molar-refractivity contribution in [3.63, 3.8) is 0 Å². The van der Waals surface area contributed by atoms with Crippen LogP contribution in [-0.2, 0) is 7.05 Å². The highest BCUT2D eigenvalue weighted by Crippen LogP contribution is 2.27. The lowest BCUT2D eigenvalue weighted by Crippen LogP contribution is -2.20. The molecule has 96 valence electrons. The molecule has 0 bridgehead atoms. The third kappa shape index (κ3) is 3.04. The summed E-state index contributed by atoms with van der Waals surface area (Å²) >= 11 is 9.42. The molecule has 1 aromatic carbocycles. The maximum atomic E-state index is 6.06. The van der Waals surface area contributed by atoms with Crippen molar-refractivity contribution >= 4 is 33.2 Å². The number of hydrogen-bond acceptors (Lipinski definition) is 3. The van der Waals surface area contributed by atoms with Gasteiger partial charge in [-0.05, 0) is 34.1 Å². The number of nitrogens with zero attached hydrogens (tertiary/aromatic N) is 2. The number of nitrogens with one attached hydrogen (secondary N) is 1. The minimum Gasteiger partial charge on any atom is -0.377 e. The molecule has 6 heteroatoms. The SMILES string of the molecule is Cn1cc(C(CN)Nc2ccc(Br)c(Cl)c2)cn1. The van der Waals surface area contributed by atoms with Gasteiger partial charge in [-0.3, -0.25) is 4.68 Å². The number of hydrogen-bond donors (Lipinski definition) is 2. The number of aryl methyl sites for hydroxylation is 1. The predicted octanol–water partition coefficient (Wildman–Crippen LogP) is 2.95. The monoisotopic (exact) mass is 328 g/mol. The summed E-state index contributed by atoms with van der Waals surface area (Å²) < 4.78 is 2.63. The fourth-order valence-electron chi connectivity index (χ4n) is 1.69. The van der Waals surface area contributed by atoms with Gasteiger partial charge in [-0.15, -0.1) is 0 Å². The normalized spacial score (nSPS) is 12.4. The zero-order valence-electron chi connectivity index (χ0n) is 9.90. The number of benzene rings is 1. The number of rotatable bonds is 4. The largest absolute Gasteiger partial charge is 0.377 e. The second-order valence-corrected chi connectivity index (χ2v) is 5.27. The van der Waals surface area contributed by atoms with Crippen LogP contribution in [0.4, 0.5) is 5.69 Å². The van der Waals surface area contributed by atoms with E-state index in [2.05, 4.69) is 26.3 Å². The fraction of sp³-hybridized carbons (Fsp3) is 0.250.